The van der Waals surface area contributed by atoms with E-state index < -0.39 is 11.0 Å². The second kappa shape index (κ2) is 10.2. The van der Waals surface area contributed by atoms with E-state index in [-0.39, 0.29) is 29.8 Å². The predicted molar refractivity (Wildman–Crippen MR) is 112 cm³/mol. The van der Waals surface area contributed by atoms with Gasteiger partial charge in [-0.3, -0.25) is 24.6 Å². The van der Waals surface area contributed by atoms with E-state index >= 15 is 0 Å². The highest BCUT2D eigenvalue weighted by molar-refractivity contribution is 5.97. The number of nitrogens with zero attached hydrogens (tertiary/aromatic N) is 2. The number of carbonyl (C=O) groups is 2. The van der Waals surface area contributed by atoms with Crippen LogP contribution in [0.5, 0.6) is 11.5 Å². The van der Waals surface area contributed by atoms with Crippen molar-refractivity contribution in [3.8, 4) is 11.5 Å². The fourth-order valence-corrected chi connectivity index (χ4v) is 2.60. The van der Waals surface area contributed by atoms with E-state index in [0.29, 0.717) is 17.1 Å². The van der Waals surface area contributed by atoms with E-state index in [2.05, 4.69) is 10.6 Å². The first-order valence-corrected chi connectivity index (χ1v) is 9.02. The maximum absolute atomic E-state index is 12.6. The molecule has 2 N–H and O–H groups in total. The fraction of sp³-hybridized carbons (Fsp3) is 0.300. The number of hydrogen-bond donors (Lipinski definition) is 2. The SMILES string of the molecule is COc1cccc(NC(=O)CN(C)[C@@H](C)C(=O)Nc2ccc([N+](=O)[O-])cc2OC)c1. The summed E-state index contributed by atoms with van der Waals surface area (Å²) in [5.74, 6) is 0.103. The van der Waals surface area contributed by atoms with E-state index in [1.807, 2.05) is 0 Å². The van der Waals surface area contributed by atoms with Crippen LogP contribution in [0.15, 0.2) is 42.5 Å². The lowest BCUT2D eigenvalue weighted by Crippen LogP contribution is -2.43. The summed E-state index contributed by atoms with van der Waals surface area (Å²) in [7, 11) is 4.53. The van der Waals surface area contributed by atoms with Crippen LogP contribution in [0, 0.1) is 10.1 Å². The van der Waals surface area contributed by atoms with Crippen LogP contribution in [0.3, 0.4) is 0 Å². The van der Waals surface area contributed by atoms with Crippen molar-refractivity contribution in [2.45, 2.75) is 13.0 Å². The standard InChI is InChI=1S/C20H24N4O6/c1-13(20(26)22-17-9-8-15(24(27)28)11-18(17)30-4)23(2)12-19(25)21-14-6-5-7-16(10-14)29-3/h5-11,13H,12H2,1-4H3,(H,21,25)(H,22,26)/t13-/m0/s1. The number of amides is 2. The summed E-state index contributed by atoms with van der Waals surface area (Å²) in [6, 6.07) is 10.2. The molecule has 0 fully saturated rings. The summed E-state index contributed by atoms with van der Waals surface area (Å²) in [6.45, 7) is 1.62. The van der Waals surface area contributed by atoms with Crippen molar-refractivity contribution in [1.82, 2.24) is 4.90 Å². The number of rotatable bonds is 9. The topological polar surface area (TPSA) is 123 Å². The molecule has 2 aromatic carbocycles. The van der Waals surface area contributed by atoms with Crippen molar-refractivity contribution in [3.63, 3.8) is 0 Å². The Morgan fingerprint density at radius 2 is 1.87 bits per heavy atom. The van der Waals surface area contributed by atoms with Gasteiger partial charge < -0.3 is 20.1 Å². The van der Waals surface area contributed by atoms with Crippen LogP contribution in [0.25, 0.3) is 0 Å². The number of nitrogens with one attached hydrogen (secondary N) is 2. The van der Waals surface area contributed by atoms with Gasteiger partial charge in [0, 0.05) is 17.8 Å². The summed E-state index contributed by atoms with van der Waals surface area (Å²) >= 11 is 0. The maximum Gasteiger partial charge on any atom is 0.273 e. The molecule has 10 nitrogen and oxygen atoms in total. The van der Waals surface area contributed by atoms with Crippen LogP contribution in [0.1, 0.15) is 6.92 Å². The third-order valence-electron chi connectivity index (χ3n) is 4.44. The minimum Gasteiger partial charge on any atom is -0.497 e. The number of hydrogen-bond acceptors (Lipinski definition) is 7. The Labute approximate surface area is 173 Å². The lowest BCUT2D eigenvalue weighted by Gasteiger charge is -2.23. The molecule has 0 spiro atoms. The largest absolute Gasteiger partial charge is 0.497 e. The van der Waals surface area contributed by atoms with Crippen LogP contribution in [-0.4, -0.2) is 55.5 Å². The van der Waals surface area contributed by atoms with E-state index in [1.165, 1.54) is 32.4 Å². The number of carbonyl (C=O) groups excluding carboxylic acids is 2. The summed E-state index contributed by atoms with van der Waals surface area (Å²) < 4.78 is 10.2. The minimum atomic E-state index is -0.652. The molecule has 1 atom stereocenters. The Morgan fingerprint density at radius 3 is 2.50 bits per heavy atom. The normalized spacial score (nSPS) is 11.5. The number of nitro groups is 1. The Hall–Kier alpha value is -3.66. The number of anilines is 2. The van der Waals surface area contributed by atoms with Gasteiger partial charge in [0.25, 0.3) is 5.69 Å². The molecule has 0 aromatic heterocycles. The van der Waals surface area contributed by atoms with E-state index in [1.54, 1.807) is 43.1 Å². The third kappa shape index (κ3) is 5.92. The van der Waals surface area contributed by atoms with E-state index in [4.69, 9.17) is 9.47 Å². The first-order valence-electron chi connectivity index (χ1n) is 9.02. The molecule has 160 valence electrons. The first kappa shape index (κ1) is 22.6. The molecule has 0 saturated heterocycles. The lowest BCUT2D eigenvalue weighted by molar-refractivity contribution is -0.384. The van der Waals surface area contributed by atoms with Crippen LogP contribution in [0.4, 0.5) is 17.1 Å². The van der Waals surface area contributed by atoms with Crippen molar-refractivity contribution < 1.29 is 24.0 Å². The van der Waals surface area contributed by atoms with Crippen molar-refractivity contribution in [2.24, 2.45) is 0 Å². The third-order valence-corrected chi connectivity index (χ3v) is 4.44. The number of methoxy groups -OCH3 is 2. The molecule has 30 heavy (non-hydrogen) atoms. The highest BCUT2D eigenvalue weighted by Gasteiger charge is 2.22. The Kier molecular flexibility index (Phi) is 7.70. The smallest absolute Gasteiger partial charge is 0.273 e. The molecule has 2 aromatic rings. The van der Waals surface area contributed by atoms with Crippen LogP contribution in [-0.2, 0) is 9.59 Å². The number of likely N-dealkylation sites (N-methyl/N-ethyl adjacent to an activating group) is 1. The van der Waals surface area contributed by atoms with Gasteiger partial charge in [0.05, 0.1) is 43.5 Å². The number of non-ortho nitro benzene ring substituents is 1. The molecule has 0 unspecified atom stereocenters. The van der Waals surface area contributed by atoms with Crippen molar-refractivity contribution in [1.29, 1.82) is 0 Å². The highest BCUT2D eigenvalue weighted by Crippen LogP contribution is 2.29. The maximum atomic E-state index is 12.6. The van der Waals surface area contributed by atoms with Gasteiger partial charge in [-0.25, -0.2) is 0 Å². The summed E-state index contributed by atoms with van der Waals surface area (Å²) in [6.07, 6.45) is 0. The molecule has 0 aliphatic rings. The van der Waals surface area contributed by atoms with E-state index in [9.17, 15) is 19.7 Å². The Bertz CT molecular complexity index is 933. The molecule has 2 rings (SSSR count). The van der Waals surface area contributed by atoms with Gasteiger partial charge in [-0.1, -0.05) is 6.07 Å². The number of ether oxygens (including phenoxy) is 2. The average Bonchev–Trinajstić information content (AvgIpc) is 2.73. The zero-order valence-corrected chi connectivity index (χ0v) is 17.2. The second-order valence-electron chi connectivity index (χ2n) is 6.50. The van der Waals surface area contributed by atoms with Crippen LogP contribution < -0.4 is 20.1 Å². The molecule has 10 heteroatoms. The molecule has 0 aliphatic heterocycles. The van der Waals surface area contributed by atoms with Gasteiger partial charge in [-0.15, -0.1) is 0 Å². The number of nitro benzene ring substituents is 1. The molecular formula is C20H24N4O6. The molecular weight excluding hydrogens is 392 g/mol. The molecule has 2 amide bonds. The zero-order valence-electron chi connectivity index (χ0n) is 17.2. The van der Waals surface area contributed by atoms with Crippen LogP contribution in [0.2, 0.25) is 0 Å². The summed E-state index contributed by atoms with van der Waals surface area (Å²) in [5.41, 5.74) is 0.735. The molecule has 0 heterocycles. The first-order chi connectivity index (χ1) is 14.2. The van der Waals surface area contributed by atoms with Gasteiger partial charge in [-0.2, -0.15) is 0 Å². The summed E-state index contributed by atoms with van der Waals surface area (Å²) in [4.78, 5) is 36.8. The van der Waals surface area contributed by atoms with Gasteiger partial charge >= 0.3 is 0 Å². The molecule has 0 radical (unpaired) electrons. The Balaban J connectivity index is 1.98. The fourth-order valence-electron chi connectivity index (χ4n) is 2.60. The van der Waals surface area contributed by atoms with Gasteiger partial charge in [0.15, 0.2) is 0 Å². The lowest BCUT2D eigenvalue weighted by atomic mass is 10.2. The molecule has 0 saturated carbocycles. The summed E-state index contributed by atoms with van der Waals surface area (Å²) in [5, 5.41) is 16.3. The monoisotopic (exact) mass is 416 g/mol. The van der Waals surface area contributed by atoms with E-state index in [0.717, 1.165) is 0 Å². The Morgan fingerprint density at radius 1 is 1.13 bits per heavy atom. The number of benzene rings is 2. The van der Waals surface area contributed by atoms with Gasteiger partial charge in [0.2, 0.25) is 11.8 Å². The second-order valence-corrected chi connectivity index (χ2v) is 6.50. The van der Waals surface area contributed by atoms with Crippen molar-refractivity contribution in [2.75, 3.05) is 38.4 Å². The molecule has 0 aliphatic carbocycles. The van der Waals surface area contributed by atoms with Crippen LogP contribution >= 0.6 is 0 Å². The quantitative estimate of drug-likeness (QED) is 0.475. The minimum absolute atomic E-state index is 0.0246. The zero-order chi connectivity index (χ0) is 22.3. The predicted octanol–water partition coefficient (Wildman–Crippen LogP) is 2.51. The van der Waals surface area contributed by atoms with Crippen molar-refractivity contribution in [3.05, 3.63) is 52.6 Å². The highest BCUT2D eigenvalue weighted by atomic mass is 16.6. The molecule has 0 bridgehead atoms. The average molecular weight is 416 g/mol. The van der Waals surface area contributed by atoms with Gasteiger partial charge in [-0.05, 0) is 32.2 Å². The van der Waals surface area contributed by atoms with Crippen molar-refractivity contribution >= 4 is 28.9 Å². The van der Waals surface area contributed by atoms with Gasteiger partial charge in [0.1, 0.15) is 11.5 Å².